The Morgan fingerprint density at radius 3 is 2.71 bits per heavy atom. The Bertz CT molecular complexity index is 552. The van der Waals surface area contributed by atoms with Gasteiger partial charge in [-0.2, -0.15) is 4.37 Å². The van der Waals surface area contributed by atoms with Crippen LogP contribution in [0.5, 0.6) is 0 Å². The quantitative estimate of drug-likeness (QED) is 0.803. The molecule has 0 aromatic carbocycles. The number of amides is 2. The maximum atomic E-state index is 12.5. The van der Waals surface area contributed by atoms with E-state index in [2.05, 4.69) is 36.1 Å². The highest BCUT2D eigenvalue weighted by molar-refractivity contribution is 7.10. The van der Waals surface area contributed by atoms with Gasteiger partial charge in [-0.15, -0.1) is 0 Å². The minimum atomic E-state index is 0.0544. The van der Waals surface area contributed by atoms with E-state index in [1.165, 1.54) is 17.1 Å². The van der Waals surface area contributed by atoms with Crippen molar-refractivity contribution in [2.24, 2.45) is 0 Å². The third-order valence-electron chi connectivity index (χ3n) is 3.85. The van der Waals surface area contributed by atoms with E-state index in [1.54, 1.807) is 4.90 Å². The Morgan fingerprint density at radius 1 is 1.43 bits per heavy atom. The minimum absolute atomic E-state index is 0.0544. The highest BCUT2D eigenvalue weighted by Crippen LogP contribution is 2.30. The number of nitrogens with zero attached hydrogens (tertiary/aromatic N) is 4. The summed E-state index contributed by atoms with van der Waals surface area (Å²) >= 11 is 1.43. The van der Waals surface area contributed by atoms with Crippen molar-refractivity contribution in [2.45, 2.75) is 34.1 Å². The van der Waals surface area contributed by atoms with E-state index in [0.717, 1.165) is 29.2 Å². The van der Waals surface area contributed by atoms with E-state index in [0.29, 0.717) is 13.3 Å². The topological polar surface area (TPSA) is 39.7 Å². The molecular weight excluding hydrogens is 284 g/mol. The van der Waals surface area contributed by atoms with E-state index in [9.17, 15) is 4.79 Å². The first-order valence-corrected chi connectivity index (χ1v) is 8.07. The van der Waals surface area contributed by atoms with Crippen LogP contribution in [0.25, 0.3) is 0 Å². The van der Waals surface area contributed by atoms with Crippen LogP contribution in [0.1, 0.15) is 32.0 Å². The second kappa shape index (κ2) is 6.58. The predicted molar refractivity (Wildman–Crippen MR) is 87.7 cm³/mol. The molecule has 0 bridgehead atoms. The average Bonchev–Trinajstić information content (AvgIpc) is 2.83. The number of anilines is 1. The van der Waals surface area contributed by atoms with Crippen molar-refractivity contribution in [3.63, 3.8) is 0 Å². The summed E-state index contributed by atoms with van der Waals surface area (Å²) in [6, 6.07) is 0.0544. The predicted octanol–water partition coefficient (Wildman–Crippen LogP) is 3.07. The first-order valence-electron chi connectivity index (χ1n) is 7.29. The molecule has 5 nitrogen and oxygen atoms in total. The van der Waals surface area contributed by atoms with Gasteiger partial charge >= 0.3 is 6.03 Å². The van der Waals surface area contributed by atoms with Gasteiger partial charge in [0.1, 0.15) is 5.00 Å². The van der Waals surface area contributed by atoms with Gasteiger partial charge in [0.2, 0.25) is 0 Å². The standard InChI is InChI=1S/C15H24N4OS/c1-6-11(3)8-18-9-17(5)15(20)19(10-18)14-12(4)13(7-2)16-21-14/h6H,7-10H2,1-5H3. The lowest BCUT2D eigenvalue weighted by Crippen LogP contribution is -2.57. The molecule has 0 radical (unpaired) electrons. The lowest BCUT2D eigenvalue weighted by molar-refractivity contribution is 0.137. The fraction of sp³-hybridized carbons (Fsp3) is 0.600. The van der Waals surface area contributed by atoms with Gasteiger partial charge in [0.05, 0.1) is 19.0 Å². The molecule has 2 amide bonds. The molecule has 2 rings (SSSR count). The Labute approximate surface area is 131 Å². The molecule has 1 fully saturated rings. The van der Waals surface area contributed by atoms with Crippen molar-refractivity contribution in [1.29, 1.82) is 0 Å². The molecule has 1 aliphatic heterocycles. The van der Waals surface area contributed by atoms with Crippen LogP contribution >= 0.6 is 11.5 Å². The Kier molecular flexibility index (Phi) is 5.00. The number of rotatable bonds is 4. The maximum Gasteiger partial charge on any atom is 0.327 e. The van der Waals surface area contributed by atoms with Crippen molar-refractivity contribution in [1.82, 2.24) is 14.2 Å². The van der Waals surface area contributed by atoms with Gasteiger partial charge < -0.3 is 4.90 Å². The van der Waals surface area contributed by atoms with Crippen LogP contribution in [0.3, 0.4) is 0 Å². The summed E-state index contributed by atoms with van der Waals surface area (Å²) < 4.78 is 4.47. The maximum absolute atomic E-state index is 12.5. The third-order valence-corrected chi connectivity index (χ3v) is 4.86. The van der Waals surface area contributed by atoms with Crippen LogP contribution in [0.2, 0.25) is 0 Å². The van der Waals surface area contributed by atoms with Crippen molar-refractivity contribution in [3.05, 3.63) is 22.9 Å². The van der Waals surface area contributed by atoms with Crippen LogP contribution in [-0.4, -0.2) is 47.1 Å². The Morgan fingerprint density at radius 2 is 2.14 bits per heavy atom. The summed E-state index contributed by atoms with van der Waals surface area (Å²) in [5.41, 5.74) is 3.54. The smallest absolute Gasteiger partial charge is 0.314 e. The van der Waals surface area contributed by atoms with Crippen molar-refractivity contribution < 1.29 is 4.79 Å². The Balaban J connectivity index is 2.23. The molecule has 1 aromatic rings. The molecule has 21 heavy (non-hydrogen) atoms. The van der Waals surface area contributed by atoms with Gasteiger partial charge in [0, 0.05) is 19.2 Å². The van der Waals surface area contributed by atoms with Crippen LogP contribution in [-0.2, 0) is 6.42 Å². The van der Waals surface area contributed by atoms with Crippen LogP contribution in [0.15, 0.2) is 11.6 Å². The van der Waals surface area contributed by atoms with Crippen LogP contribution in [0.4, 0.5) is 9.80 Å². The number of aryl methyl sites for hydroxylation is 1. The van der Waals surface area contributed by atoms with Gasteiger partial charge in [0.25, 0.3) is 0 Å². The first-order chi connectivity index (χ1) is 9.97. The number of aromatic nitrogens is 1. The number of carbonyl (C=O) groups excluding carboxylic acids is 1. The molecule has 0 spiro atoms. The van der Waals surface area contributed by atoms with E-state index < -0.39 is 0 Å². The molecule has 0 N–H and O–H groups in total. The fourth-order valence-electron chi connectivity index (χ4n) is 2.51. The van der Waals surface area contributed by atoms with Crippen LogP contribution < -0.4 is 4.90 Å². The molecule has 116 valence electrons. The molecule has 0 saturated carbocycles. The largest absolute Gasteiger partial charge is 0.327 e. The second-order valence-electron chi connectivity index (χ2n) is 5.57. The number of hydrogen-bond acceptors (Lipinski definition) is 4. The minimum Gasteiger partial charge on any atom is -0.314 e. The average molecular weight is 308 g/mol. The van der Waals surface area contributed by atoms with Gasteiger partial charge in [-0.3, -0.25) is 9.80 Å². The van der Waals surface area contributed by atoms with E-state index in [4.69, 9.17) is 0 Å². The summed E-state index contributed by atoms with van der Waals surface area (Å²) in [5, 5.41) is 0.978. The molecule has 2 heterocycles. The number of urea groups is 1. The third kappa shape index (κ3) is 3.27. The normalized spacial score (nSPS) is 17.8. The molecule has 6 heteroatoms. The lowest BCUT2D eigenvalue weighted by Gasteiger charge is -2.40. The highest BCUT2D eigenvalue weighted by atomic mass is 32.1. The van der Waals surface area contributed by atoms with Gasteiger partial charge in [0.15, 0.2) is 0 Å². The van der Waals surface area contributed by atoms with Crippen molar-refractivity contribution in [3.8, 4) is 0 Å². The number of hydrogen-bond donors (Lipinski definition) is 0. The molecule has 1 saturated heterocycles. The van der Waals surface area contributed by atoms with Gasteiger partial charge in [-0.1, -0.05) is 18.6 Å². The van der Waals surface area contributed by atoms with Crippen LogP contribution in [0, 0.1) is 6.92 Å². The molecular formula is C15H24N4OS. The van der Waals surface area contributed by atoms with Crippen molar-refractivity contribution >= 4 is 22.6 Å². The van der Waals surface area contributed by atoms with E-state index in [1.807, 2.05) is 18.9 Å². The van der Waals surface area contributed by atoms with E-state index in [-0.39, 0.29) is 6.03 Å². The zero-order chi connectivity index (χ0) is 15.6. The van der Waals surface area contributed by atoms with Crippen molar-refractivity contribution in [2.75, 3.05) is 31.8 Å². The zero-order valence-electron chi connectivity index (χ0n) is 13.5. The molecule has 0 unspecified atom stereocenters. The second-order valence-corrected chi connectivity index (χ2v) is 6.32. The van der Waals surface area contributed by atoms with Gasteiger partial charge in [-0.05, 0) is 38.7 Å². The molecule has 1 aliphatic rings. The zero-order valence-corrected chi connectivity index (χ0v) is 14.3. The summed E-state index contributed by atoms with van der Waals surface area (Å²) in [4.78, 5) is 18.3. The van der Waals surface area contributed by atoms with Gasteiger partial charge in [-0.25, -0.2) is 4.79 Å². The molecule has 1 aromatic heterocycles. The summed E-state index contributed by atoms with van der Waals surface area (Å²) in [5.74, 6) is 0. The first kappa shape index (κ1) is 16.0. The summed E-state index contributed by atoms with van der Waals surface area (Å²) in [7, 11) is 1.85. The SMILES string of the molecule is CC=C(C)CN1CN(C)C(=O)N(c2snc(CC)c2C)C1. The number of carbonyl (C=O) groups is 1. The summed E-state index contributed by atoms with van der Waals surface area (Å²) in [6.45, 7) is 10.5. The lowest BCUT2D eigenvalue weighted by atomic mass is 10.2. The molecule has 0 aliphatic carbocycles. The fourth-order valence-corrected chi connectivity index (χ4v) is 3.46. The summed E-state index contributed by atoms with van der Waals surface area (Å²) in [6.07, 6.45) is 3.02. The molecule has 0 atom stereocenters. The monoisotopic (exact) mass is 308 g/mol. The highest BCUT2D eigenvalue weighted by Gasteiger charge is 2.31. The number of allylic oxidation sites excluding steroid dienone is 1. The Hall–Kier alpha value is -1.40. The van der Waals surface area contributed by atoms with E-state index >= 15 is 0 Å².